The smallest absolute Gasteiger partial charge is 0.137 e. The number of ether oxygens (including phenoxy) is 1. The van der Waals surface area contributed by atoms with Gasteiger partial charge in [-0.15, -0.1) is 0 Å². The van der Waals surface area contributed by atoms with Gasteiger partial charge in [0.15, 0.2) is 0 Å². The minimum atomic E-state index is 0.0197. The number of nitrogens with zero attached hydrogens (tertiary/aromatic N) is 3. The van der Waals surface area contributed by atoms with E-state index in [1.807, 2.05) is 24.4 Å². The molecular weight excluding hydrogens is 288 g/mol. The number of aryl methyl sites for hydroxylation is 2. The van der Waals surface area contributed by atoms with Crippen molar-refractivity contribution in [3.05, 3.63) is 53.5 Å². The summed E-state index contributed by atoms with van der Waals surface area (Å²) >= 11 is 0. The number of aromatic nitrogens is 3. The molecular formula is C18H20N4O. The van der Waals surface area contributed by atoms with Crippen molar-refractivity contribution < 1.29 is 4.74 Å². The lowest BCUT2D eigenvalue weighted by Gasteiger charge is -2.23. The zero-order chi connectivity index (χ0) is 15.8. The molecule has 0 saturated carbocycles. The Morgan fingerprint density at radius 3 is 3.00 bits per heavy atom. The van der Waals surface area contributed by atoms with Crippen molar-refractivity contribution in [3.8, 4) is 11.4 Å². The van der Waals surface area contributed by atoms with E-state index in [1.165, 1.54) is 5.56 Å². The Hall–Kier alpha value is -2.24. The molecule has 1 N–H and O–H groups in total. The highest BCUT2D eigenvalue weighted by molar-refractivity contribution is 5.61. The normalized spacial score (nSPS) is 18.4. The summed E-state index contributed by atoms with van der Waals surface area (Å²) in [6.45, 7) is 6.63. The molecule has 4 heterocycles. The minimum absolute atomic E-state index is 0.0197. The fourth-order valence-corrected chi connectivity index (χ4v) is 3.19. The molecule has 0 amide bonds. The van der Waals surface area contributed by atoms with E-state index in [2.05, 4.69) is 40.7 Å². The number of nitrogens with one attached hydrogen (secondary N) is 1. The largest absolute Gasteiger partial charge is 0.369 e. The molecule has 5 heteroatoms. The minimum Gasteiger partial charge on any atom is -0.369 e. The van der Waals surface area contributed by atoms with Crippen LogP contribution in [0.1, 0.15) is 23.1 Å². The molecule has 1 fully saturated rings. The van der Waals surface area contributed by atoms with Crippen molar-refractivity contribution in [3.63, 3.8) is 0 Å². The van der Waals surface area contributed by atoms with E-state index in [0.29, 0.717) is 0 Å². The van der Waals surface area contributed by atoms with E-state index in [9.17, 15) is 0 Å². The number of hydrogen-bond donors (Lipinski definition) is 1. The van der Waals surface area contributed by atoms with E-state index in [0.717, 1.165) is 48.1 Å². The molecule has 4 rings (SSSR count). The lowest BCUT2D eigenvalue weighted by Crippen LogP contribution is -2.33. The van der Waals surface area contributed by atoms with Crippen LogP contribution < -0.4 is 5.32 Å². The van der Waals surface area contributed by atoms with Gasteiger partial charge in [-0.25, -0.2) is 9.97 Å². The SMILES string of the molecule is Cc1cc(C)n2c(-c3cccc([C@@H]4CNCCO4)n3)cnc2c1. The van der Waals surface area contributed by atoms with Crippen molar-refractivity contribution in [2.45, 2.75) is 20.0 Å². The fourth-order valence-electron chi connectivity index (χ4n) is 3.19. The molecule has 118 valence electrons. The van der Waals surface area contributed by atoms with Crippen molar-refractivity contribution in [2.24, 2.45) is 0 Å². The van der Waals surface area contributed by atoms with Crippen LogP contribution in [0.15, 0.2) is 36.5 Å². The van der Waals surface area contributed by atoms with Gasteiger partial charge in [-0.1, -0.05) is 6.07 Å². The Labute approximate surface area is 135 Å². The lowest BCUT2D eigenvalue weighted by molar-refractivity contribution is 0.0251. The van der Waals surface area contributed by atoms with Crippen LogP contribution in [-0.4, -0.2) is 34.1 Å². The summed E-state index contributed by atoms with van der Waals surface area (Å²) in [5.74, 6) is 0. The molecule has 23 heavy (non-hydrogen) atoms. The molecule has 1 atom stereocenters. The molecule has 3 aromatic heterocycles. The first-order valence-corrected chi connectivity index (χ1v) is 7.97. The maximum absolute atomic E-state index is 5.82. The number of fused-ring (bicyclic) bond motifs is 1. The number of pyridine rings is 2. The molecule has 3 aromatic rings. The number of hydrogen-bond acceptors (Lipinski definition) is 4. The van der Waals surface area contributed by atoms with Gasteiger partial charge in [-0.05, 0) is 43.7 Å². The predicted octanol–water partition coefficient (Wildman–Crippen LogP) is 2.67. The maximum atomic E-state index is 5.82. The summed E-state index contributed by atoms with van der Waals surface area (Å²) < 4.78 is 7.97. The van der Waals surface area contributed by atoms with E-state index in [4.69, 9.17) is 9.72 Å². The maximum Gasteiger partial charge on any atom is 0.137 e. The van der Waals surface area contributed by atoms with Crippen molar-refractivity contribution in [2.75, 3.05) is 19.7 Å². The van der Waals surface area contributed by atoms with E-state index in [1.54, 1.807) is 0 Å². The average Bonchev–Trinajstić information content (AvgIpc) is 3.00. The van der Waals surface area contributed by atoms with Gasteiger partial charge in [0.25, 0.3) is 0 Å². The van der Waals surface area contributed by atoms with Gasteiger partial charge >= 0.3 is 0 Å². The van der Waals surface area contributed by atoms with Crippen LogP contribution >= 0.6 is 0 Å². The first-order valence-electron chi connectivity index (χ1n) is 7.97. The Morgan fingerprint density at radius 1 is 1.26 bits per heavy atom. The van der Waals surface area contributed by atoms with Crippen LogP contribution in [0.25, 0.3) is 17.0 Å². The number of rotatable bonds is 2. The van der Waals surface area contributed by atoms with Crippen molar-refractivity contribution in [1.82, 2.24) is 19.7 Å². The zero-order valence-corrected chi connectivity index (χ0v) is 13.4. The number of morpholine rings is 1. The van der Waals surface area contributed by atoms with Gasteiger partial charge in [0, 0.05) is 18.8 Å². The molecule has 0 aromatic carbocycles. The first-order chi connectivity index (χ1) is 11.2. The third kappa shape index (κ3) is 2.62. The molecule has 0 spiro atoms. The summed E-state index contributed by atoms with van der Waals surface area (Å²) in [5, 5.41) is 3.35. The van der Waals surface area contributed by atoms with E-state index in [-0.39, 0.29) is 6.10 Å². The standard InChI is InChI=1S/C18H20N4O/c1-12-8-13(2)22-16(10-20-18(22)9-12)14-4-3-5-15(21-14)17-11-19-6-7-23-17/h3-5,8-10,17,19H,6-7,11H2,1-2H3/t17-/m0/s1. The third-order valence-electron chi connectivity index (χ3n) is 4.23. The second kappa shape index (κ2) is 5.76. The highest BCUT2D eigenvalue weighted by Crippen LogP contribution is 2.24. The van der Waals surface area contributed by atoms with Gasteiger partial charge in [0.05, 0.1) is 29.9 Å². The highest BCUT2D eigenvalue weighted by atomic mass is 16.5. The second-order valence-corrected chi connectivity index (χ2v) is 6.02. The van der Waals surface area contributed by atoms with E-state index >= 15 is 0 Å². The molecule has 5 nitrogen and oxygen atoms in total. The van der Waals surface area contributed by atoms with Crippen LogP contribution in [0.2, 0.25) is 0 Å². The summed E-state index contributed by atoms with van der Waals surface area (Å²) in [5.41, 5.74) is 6.25. The summed E-state index contributed by atoms with van der Waals surface area (Å²) in [7, 11) is 0. The first kappa shape index (κ1) is 14.4. The molecule has 1 saturated heterocycles. The van der Waals surface area contributed by atoms with Crippen LogP contribution in [0.4, 0.5) is 0 Å². The zero-order valence-electron chi connectivity index (χ0n) is 13.4. The van der Waals surface area contributed by atoms with Gasteiger partial charge in [0.2, 0.25) is 0 Å². The summed E-state index contributed by atoms with van der Waals surface area (Å²) in [4.78, 5) is 9.36. The Morgan fingerprint density at radius 2 is 2.17 bits per heavy atom. The Kier molecular flexibility index (Phi) is 3.59. The van der Waals surface area contributed by atoms with Crippen LogP contribution in [-0.2, 0) is 4.74 Å². The highest BCUT2D eigenvalue weighted by Gasteiger charge is 2.18. The van der Waals surface area contributed by atoms with Gasteiger partial charge < -0.3 is 10.1 Å². The molecule has 0 bridgehead atoms. The van der Waals surface area contributed by atoms with Crippen LogP contribution in [0.5, 0.6) is 0 Å². The Bertz CT molecular complexity index is 849. The van der Waals surface area contributed by atoms with Gasteiger partial charge in [0.1, 0.15) is 11.8 Å². The predicted molar refractivity (Wildman–Crippen MR) is 89.5 cm³/mol. The second-order valence-electron chi connectivity index (χ2n) is 6.02. The van der Waals surface area contributed by atoms with Crippen LogP contribution in [0, 0.1) is 13.8 Å². The number of imidazole rings is 1. The average molecular weight is 308 g/mol. The van der Waals surface area contributed by atoms with Gasteiger partial charge in [-0.2, -0.15) is 0 Å². The topological polar surface area (TPSA) is 51.5 Å². The summed E-state index contributed by atoms with van der Waals surface area (Å²) in [6, 6.07) is 10.4. The monoisotopic (exact) mass is 308 g/mol. The van der Waals surface area contributed by atoms with E-state index < -0.39 is 0 Å². The molecule has 1 aliphatic heterocycles. The molecule has 0 radical (unpaired) electrons. The molecule has 0 aliphatic carbocycles. The van der Waals surface area contributed by atoms with Crippen molar-refractivity contribution in [1.29, 1.82) is 0 Å². The van der Waals surface area contributed by atoms with Crippen LogP contribution in [0.3, 0.4) is 0 Å². The third-order valence-corrected chi connectivity index (χ3v) is 4.23. The fraction of sp³-hybridized carbons (Fsp3) is 0.333. The molecule has 0 unspecified atom stereocenters. The Balaban J connectivity index is 1.79. The summed E-state index contributed by atoms with van der Waals surface area (Å²) in [6.07, 6.45) is 1.92. The lowest BCUT2D eigenvalue weighted by atomic mass is 10.1. The van der Waals surface area contributed by atoms with Gasteiger partial charge in [-0.3, -0.25) is 4.40 Å². The molecule has 1 aliphatic rings. The van der Waals surface area contributed by atoms with Crippen molar-refractivity contribution >= 4 is 5.65 Å². The quantitative estimate of drug-likeness (QED) is 0.791.